The zero-order valence-corrected chi connectivity index (χ0v) is 15.7. The van der Waals surface area contributed by atoms with Gasteiger partial charge in [-0.15, -0.1) is 0 Å². The van der Waals surface area contributed by atoms with Crippen molar-refractivity contribution in [3.8, 4) is 11.5 Å². The van der Waals surface area contributed by atoms with Gasteiger partial charge in [-0.05, 0) is 23.8 Å². The average molecular weight is 366 g/mol. The molecule has 27 heavy (non-hydrogen) atoms. The van der Waals surface area contributed by atoms with Crippen LogP contribution in [-0.4, -0.2) is 23.8 Å². The monoisotopic (exact) mass is 366 g/mol. The van der Waals surface area contributed by atoms with Gasteiger partial charge in [0.2, 0.25) is 0 Å². The van der Waals surface area contributed by atoms with Gasteiger partial charge in [0.25, 0.3) is 0 Å². The predicted octanol–water partition coefficient (Wildman–Crippen LogP) is 4.74. The van der Waals surface area contributed by atoms with Gasteiger partial charge in [0, 0.05) is 11.0 Å². The summed E-state index contributed by atoms with van der Waals surface area (Å²) in [6.45, 7) is 8.24. The summed E-state index contributed by atoms with van der Waals surface area (Å²) in [5.41, 5.74) is 1.99. The third kappa shape index (κ3) is 7.57. The molecule has 0 radical (unpaired) electrons. The number of carbonyl (C=O) groups is 2. The standard InChI is InChI=1S/C15H16O.C6H6O.2CH2O/c1-15(2,12-8-4-3-5-9-12)13-10-6-7-11-14(13)16;7-6-4-2-1-3-5-6;2*1-2/h3-11,16H,1-2H3;1-5,7H;2*1H2. The molecule has 0 fully saturated rings. The van der Waals surface area contributed by atoms with Crippen molar-refractivity contribution in [2.45, 2.75) is 19.3 Å². The van der Waals surface area contributed by atoms with Crippen LogP contribution >= 0.6 is 0 Å². The Kier molecular flexibility index (Phi) is 11.3. The Morgan fingerprint density at radius 1 is 0.630 bits per heavy atom. The Balaban J connectivity index is 0.000000514. The van der Waals surface area contributed by atoms with Gasteiger partial charge in [0.05, 0.1) is 0 Å². The Bertz CT molecular complexity index is 754. The molecule has 3 rings (SSSR count). The topological polar surface area (TPSA) is 74.6 Å². The van der Waals surface area contributed by atoms with Crippen molar-refractivity contribution in [2.24, 2.45) is 0 Å². The SMILES string of the molecule is C=O.C=O.CC(C)(c1ccccc1)c1ccccc1O.Oc1ccccc1. The molecule has 2 N–H and O–H groups in total. The molecule has 0 aliphatic heterocycles. The molecule has 0 aromatic heterocycles. The van der Waals surface area contributed by atoms with E-state index in [1.165, 1.54) is 5.56 Å². The first-order valence-electron chi connectivity index (χ1n) is 8.17. The summed E-state index contributed by atoms with van der Waals surface area (Å²) in [5.74, 6) is 0.679. The molecule has 0 atom stereocenters. The van der Waals surface area contributed by atoms with Crippen molar-refractivity contribution in [3.05, 3.63) is 96.1 Å². The van der Waals surface area contributed by atoms with E-state index in [-0.39, 0.29) is 5.41 Å². The molecule has 0 aliphatic carbocycles. The second-order valence-corrected chi connectivity index (χ2v) is 5.84. The molecule has 0 bridgehead atoms. The zero-order chi connectivity index (χ0) is 20.7. The lowest BCUT2D eigenvalue weighted by Gasteiger charge is -2.26. The van der Waals surface area contributed by atoms with Crippen molar-refractivity contribution >= 4 is 13.6 Å². The summed E-state index contributed by atoms with van der Waals surface area (Å²) < 4.78 is 0. The van der Waals surface area contributed by atoms with Crippen LogP contribution in [0.3, 0.4) is 0 Å². The average Bonchev–Trinajstić information content (AvgIpc) is 2.73. The van der Waals surface area contributed by atoms with Gasteiger partial charge in [-0.3, -0.25) is 0 Å². The van der Waals surface area contributed by atoms with E-state index in [2.05, 4.69) is 26.0 Å². The van der Waals surface area contributed by atoms with E-state index in [1.807, 2.05) is 56.0 Å². The van der Waals surface area contributed by atoms with Crippen LogP contribution < -0.4 is 0 Å². The number of rotatable bonds is 2. The largest absolute Gasteiger partial charge is 0.508 e. The molecule has 0 saturated heterocycles. The van der Waals surface area contributed by atoms with E-state index in [9.17, 15) is 5.11 Å². The van der Waals surface area contributed by atoms with Crippen LogP contribution in [0.25, 0.3) is 0 Å². The summed E-state index contributed by atoms with van der Waals surface area (Å²) in [6.07, 6.45) is 0. The fourth-order valence-corrected chi connectivity index (χ4v) is 2.44. The maximum atomic E-state index is 9.91. The van der Waals surface area contributed by atoms with Crippen molar-refractivity contribution in [2.75, 3.05) is 0 Å². The van der Waals surface area contributed by atoms with Crippen molar-refractivity contribution in [1.29, 1.82) is 0 Å². The number of benzene rings is 3. The summed E-state index contributed by atoms with van der Waals surface area (Å²) in [6, 6.07) is 26.5. The Hall–Kier alpha value is -3.40. The lowest BCUT2D eigenvalue weighted by atomic mass is 9.78. The molecule has 4 heteroatoms. The fraction of sp³-hybridized carbons (Fsp3) is 0.130. The molecular weight excluding hydrogens is 340 g/mol. The van der Waals surface area contributed by atoms with Crippen LogP contribution in [0.5, 0.6) is 11.5 Å². The first kappa shape index (κ1) is 23.6. The van der Waals surface area contributed by atoms with Crippen LogP contribution in [0.1, 0.15) is 25.0 Å². The number of phenolic OH excluding ortho intramolecular Hbond substituents is 2. The third-order valence-electron chi connectivity index (χ3n) is 3.83. The Morgan fingerprint density at radius 2 is 1.04 bits per heavy atom. The van der Waals surface area contributed by atoms with Gasteiger partial charge in [-0.1, -0.05) is 80.6 Å². The maximum absolute atomic E-state index is 9.91. The second kappa shape index (κ2) is 12.9. The number of hydrogen-bond donors (Lipinski definition) is 2. The zero-order valence-electron chi connectivity index (χ0n) is 15.7. The molecule has 0 amide bonds. The van der Waals surface area contributed by atoms with E-state index in [4.69, 9.17) is 14.7 Å². The number of para-hydroxylation sites is 2. The van der Waals surface area contributed by atoms with Gasteiger partial charge in [0.15, 0.2) is 0 Å². The molecule has 3 aromatic rings. The van der Waals surface area contributed by atoms with Crippen LogP contribution in [0, 0.1) is 0 Å². The second-order valence-electron chi connectivity index (χ2n) is 5.84. The first-order valence-corrected chi connectivity index (χ1v) is 8.17. The number of carbonyl (C=O) groups excluding carboxylic acids is 2. The van der Waals surface area contributed by atoms with Crippen molar-refractivity contribution < 1.29 is 19.8 Å². The summed E-state index contributed by atoms with van der Waals surface area (Å²) in [5, 5.41) is 18.5. The molecule has 0 spiro atoms. The van der Waals surface area contributed by atoms with Crippen LogP contribution in [0.2, 0.25) is 0 Å². The molecule has 3 aromatic carbocycles. The highest BCUT2D eigenvalue weighted by atomic mass is 16.3. The van der Waals surface area contributed by atoms with Gasteiger partial charge < -0.3 is 19.8 Å². The van der Waals surface area contributed by atoms with Gasteiger partial charge in [-0.2, -0.15) is 0 Å². The first-order chi connectivity index (χ1) is 13.0. The van der Waals surface area contributed by atoms with Crippen molar-refractivity contribution in [1.82, 2.24) is 0 Å². The molecule has 4 nitrogen and oxygen atoms in total. The van der Waals surface area contributed by atoms with Crippen LogP contribution in [0.15, 0.2) is 84.9 Å². The van der Waals surface area contributed by atoms with Gasteiger partial charge in [-0.25, -0.2) is 0 Å². The van der Waals surface area contributed by atoms with E-state index in [0.717, 1.165) is 5.56 Å². The van der Waals surface area contributed by atoms with E-state index in [0.29, 0.717) is 11.5 Å². The fourth-order valence-electron chi connectivity index (χ4n) is 2.44. The molecule has 0 heterocycles. The minimum absolute atomic E-state index is 0.174. The lowest BCUT2D eigenvalue weighted by molar-refractivity contribution is -0.0987. The van der Waals surface area contributed by atoms with Crippen molar-refractivity contribution in [3.63, 3.8) is 0 Å². The highest BCUT2D eigenvalue weighted by molar-refractivity contribution is 5.44. The molecule has 0 saturated carbocycles. The van der Waals surface area contributed by atoms with Crippen LogP contribution in [0.4, 0.5) is 0 Å². The summed E-state index contributed by atoms with van der Waals surface area (Å²) >= 11 is 0. The predicted molar refractivity (Wildman–Crippen MR) is 109 cm³/mol. The number of phenols is 2. The third-order valence-corrected chi connectivity index (χ3v) is 3.83. The minimum Gasteiger partial charge on any atom is -0.508 e. The van der Waals surface area contributed by atoms with E-state index < -0.39 is 0 Å². The Morgan fingerprint density at radius 3 is 1.44 bits per heavy atom. The lowest BCUT2D eigenvalue weighted by Crippen LogP contribution is -2.18. The van der Waals surface area contributed by atoms with Crippen LogP contribution in [-0.2, 0) is 15.0 Å². The number of hydrogen-bond acceptors (Lipinski definition) is 4. The molecule has 0 unspecified atom stereocenters. The van der Waals surface area contributed by atoms with Gasteiger partial charge >= 0.3 is 0 Å². The molecule has 142 valence electrons. The summed E-state index contributed by atoms with van der Waals surface area (Å²) in [7, 11) is 0. The normalized spacial score (nSPS) is 9.26. The molecular formula is C23H26O4. The Labute approximate surface area is 160 Å². The summed E-state index contributed by atoms with van der Waals surface area (Å²) in [4.78, 5) is 16.0. The number of aromatic hydroxyl groups is 2. The van der Waals surface area contributed by atoms with E-state index >= 15 is 0 Å². The maximum Gasteiger partial charge on any atom is 0.119 e. The highest BCUT2D eigenvalue weighted by Gasteiger charge is 2.25. The van der Waals surface area contributed by atoms with E-state index in [1.54, 1.807) is 30.3 Å². The smallest absolute Gasteiger partial charge is 0.119 e. The minimum atomic E-state index is -0.174. The highest BCUT2D eigenvalue weighted by Crippen LogP contribution is 2.36. The quantitative estimate of drug-likeness (QED) is 0.687. The molecule has 0 aliphatic rings. The van der Waals surface area contributed by atoms with Gasteiger partial charge in [0.1, 0.15) is 25.1 Å².